The van der Waals surface area contributed by atoms with Gasteiger partial charge in [0, 0.05) is 13.0 Å². The Balaban J connectivity index is 4.38. The second-order valence-corrected chi connectivity index (χ2v) is 2.38. The highest BCUT2D eigenvalue weighted by molar-refractivity contribution is 5.83. The third kappa shape index (κ3) is 2.85. The molecule has 0 unspecified atom stereocenters. The van der Waals surface area contributed by atoms with Crippen molar-refractivity contribution in [1.82, 2.24) is 0 Å². The van der Waals surface area contributed by atoms with Crippen molar-refractivity contribution in [2.75, 3.05) is 6.61 Å². The molecule has 0 aromatic heterocycles. The van der Waals surface area contributed by atoms with Crippen LogP contribution < -0.4 is 0 Å². The molecule has 1 atom stereocenters. The fraction of sp³-hybridized carbons (Fsp3) is 0.667. The molecule has 4 N–H and O–H groups in total. The maximum absolute atomic E-state index is 10.3. The standard InChI is InChI=1S/C6H10O6/c7-2-1-6(12,5(10)11)3-4(8)9/h7,12H,1-3H2,(H,8,9)(H,10,11)/t6-/m0/s1. The fourth-order valence-electron chi connectivity index (χ4n) is 0.706. The van der Waals surface area contributed by atoms with E-state index in [4.69, 9.17) is 20.4 Å². The monoisotopic (exact) mass is 178 g/mol. The first-order valence-corrected chi connectivity index (χ1v) is 3.21. The molecule has 0 aliphatic carbocycles. The van der Waals surface area contributed by atoms with E-state index in [9.17, 15) is 9.59 Å². The first kappa shape index (κ1) is 10.9. The van der Waals surface area contributed by atoms with Crippen molar-refractivity contribution < 1.29 is 30.0 Å². The van der Waals surface area contributed by atoms with Crippen molar-refractivity contribution in [3.05, 3.63) is 0 Å². The Labute approximate surface area is 68.1 Å². The van der Waals surface area contributed by atoms with Crippen LogP contribution in [-0.2, 0) is 9.59 Å². The zero-order valence-corrected chi connectivity index (χ0v) is 6.23. The number of aliphatic hydroxyl groups excluding tert-OH is 1. The van der Waals surface area contributed by atoms with E-state index in [0.29, 0.717) is 0 Å². The zero-order chi connectivity index (χ0) is 9.78. The number of hydrogen-bond donors (Lipinski definition) is 4. The van der Waals surface area contributed by atoms with E-state index in [1.165, 1.54) is 0 Å². The highest BCUT2D eigenvalue weighted by Gasteiger charge is 2.37. The number of carboxylic acid groups (broad SMARTS) is 2. The van der Waals surface area contributed by atoms with Gasteiger partial charge >= 0.3 is 11.9 Å². The number of hydrogen-bond acceptors (Lipinski definition) is 4. The number of aliphatic carboxylic acids is 2. The maximum atomic E-state index is 10.3. The summed E-state index contributed by atoms with van der Waals surface area (Å²) in [7, 11) is 0. The molecule has 0 aliphatic heterocycles. The quantitative estimate of drug-likeness (QED) is 0.414. The summed E-state index contributed by atoms with van der Waals surface area (Å²) in [4.78, 5) is 20.4. The van der Waals surface area contributed by atoms with E-state index >= 15 is 0 Å². The largest absolute Gasteiger partial charge is 0.481 e. The first-order chi connectivity index (χ1) is 5.42. The molecular formula is C6H10O6. The van der Waals surface area contributed by atoms with Crippen molar-refractivity contribution in [3.8, 4) is 0 Å². The molecule has 0 aromatic carbocycles. The van der Waals surface area contributed by atoms with Gasteiger partial charge in [0.05, 0.1) is 6.42 Å². The lowest BCUT2D eigenvalue weighted by Gasteiger charge is -2.19. The number of aliphatic hydroxyl groups is 2. The van der Waals surface area contributed by atoms with E-state index in [2.05, 4.69) is 0 Å². The van der Waals surface area contributed by atoms with E-state index < -0.39 is 37.0 Å². The van der Waals surface area contributed by atoms with Crippen LogP contribution in [0.4, 0.5) is 0 Å². The van der Waals surface area contributed by atoms with Crippen LogP contribution in [0.3, 0.4) is 0 Å². The molecule has 0 saturated carbocycles. The molecule has 0 rings (SSSR count). The molecule has 6 nitrogen and oxygen atoms in total. The van der Waals surface area contributed by atoms with Crippen molar-refractivity contribution in [2.24, 2.45) is 0 Å². The summed E-state index contributed by atoms with van der Waals surface area (Å²) in [5.41, 5.74) is -2.36. The van der Waals surface area contributed by atoms with Crippen LogP contribution in [0.1, 0.15) is 12.8 Å². The topological polar surface area (TPSA) is 115 Å². The van der Waals surface area contributed by atoms with Crippen LogP contribution in [0.2, 0.25) is 0 Å². The fourth-order valence-corrected chi connectivity index (χ4v) is 0.706. The van der Waals surface area contributed by atoms with Gasteiger partial charge in [-0.1, -0.05) is 0 Å². The smallest absolute Gasteiger partial charge is 0.336 e. The minimum absolute atomic E-state index is 0.491. The summed E-state index contributed by atoms with van der Waals surface area (Å²) >= 11 is 0. The lowest BCUT2D eigenvalue weighted by molar-refractivity contribution is -0.166. The van der Waals surface area contributed by atoms with Gasteiger partial charge in [0.1, 0.15) is 0 Å². The summed E-state index contributed by atoms with van der Waals surface area (Å²) in [6.45, 7) is -0.573. The number of carbonyl (C=O) groups is 2. The first-order valence-electron chi connectivity index (χ1n) is 3.21. The third-order valence-corrected chi connectivity index (χ3v) is 1.37. The maximum Gasteiger partial charge on any atom is 0.336 e. The Hall–Kier alpha value is -1.14. The lowest BCUT2D eigenvalue weighted by Crippen LogP contribution is -2.41. The van der Waals surface area contributed by atoms with Crippen LogP contribution in [0, 0.1) is 0 Å². The summed E-state index contributed by atoms with van der Waals surface area (Å²) in [5, 5.41) is 34.1. The highest BCUT2D eigenvalue weighted by atomic mass is 16.4. The minimum Gasteiger partial charge on any atom is -0.481 e. The normalized spacial score (nSPS) is 15.2. The summed E-state index contributed by atoms with van der Waals surface area (Å²) < 4.78 is 0. The molecule has 0 saturated heterocycles. The van der Waals surface area contributed by atoms with Crippen molar-refractivity contribution >= 4 is 11.9 Å². The van der Waals surface area contributed by atoms with Crippen molar-refractivity contribution in [1.29, 1.82) is 0 Å². The second kappa shape index (κ2) is 4.03. The minimum atomic E-state index is -2.36. The van der Waals surface area contributed by atoms with E-state index in [-0.39, 0.29) is 0 Å². The molecule has 0 aliphatic rings. The van der Waals surface area contributed by atoms with Gasteiger partial charge in [0.15, 0.2) is 5.60 Å². The molecule has 0 spiro atoms. The molecule has 0 radical (unpaired) electrons. The van der Waals surface area contributed by atoms with Crippen LogP contribution in [0.15, 0.2) is 0 Å². The predicted molar refractivity (Wildman–Crippen MR) is 36.5 cm³/mol. The Bertz CT molecular complexity index is 188. The van der Waals surface area contributed by atoms with Gasteiger partial charge in [-0.2, -0.15) is 0 Å². The van der Waals surface area contributed by atoms with Crippen LogP contribution >= 0.6 is 0 Å². The third-order valence-electron chi connectivity index (χ3n) is 1.37. The van der Waals surface area contributed by atoms with Crippen LogP contribution in [0.5, 0.6) is 0 Å². The second-order valence-electron chi connectivity index (χ2n) is 2.38. The summed E-state index contributed by atoms with van der Waals surface area (Å²) in [6, 6.07) is 0. The molecule has 0 fully saturated rings. The average Bonchev–Trinajstić information content (AvgIpc) is 1.85. The molecule has 0 amide bonds. The van der Waals surface area contributed by atoms with E-state index in [1.807, 2.05) is 0 Å². The number of rotatable bonds is 5. The van der Waals surface area contributed by atoms with Gasteiger partial charge in [-0.25, -0.2) is 4.79 Å². The summed E-state index contributed by atoms with van der Waals surface area (Å²) in [6.07, 6.45) is -1.41. The molecule has 6 heteroatoms. The summed E-state index contributed by atoms with van der Waals surface area (Å²) in [5.74, 6) is -3.06. The molecule has 12 heavy (non-hydrogen) atoms. The molecule has 70 valence electrons. The van der Waals surface area contributed by atoms with Crippen LogP contribution in [-0.4, -0.2) is 44.6 Å². The predicted octanol–water partition coefficient (Wildman–Crippen LogP) is -1.34. The SMILES string of the molecule is O=C(O)C[C@@](O)(CCO)C(=O)O. The van der Waals surface area contributed by atoms with Gasteiger partial charge in [-0.3, -0.25) is 4.79 Å². The van der Waals surface area contributed by atoms with Crippen LogP contribution in [0.25, 0.3) is 0 Å². The average molecular weight is 178 g/mol. The van der Waals surface area contributed by atoms with Crippen molar-refractivity contribution in [3.63, 3.8) is 0 Å². The molecule has 0 bridgehead atoms. The number of carboxylic acids is 2. The Morgan fingerprint density at radius 1 is 1.25 bits per heavy atom. The molecular weight excluding hydrogens is 168 g/mol. The van der Waals surface area contributed by atoms with E-state index in [1.54, 1.807) is 0 Å². The van der Waals surface area contributed by atoms with Gasteiger partial charge < -0.3 is 20.4 Å². The highest BCUT2D eigenvalue weighted by Crippen LogP contribution is 2.14. The van der Waals surface area contributed by atoms with Gasteiger partial charge in [0.25, 0.3) is 0 Å². The molecule has 0 heterocycles. The van der Waals surface area contributed by atoms with Crippen molar-refractivity contribution in [2.45, 2.75) is 18.4 Å². The van der Waals surface area contributed by atoms with E-state index in [0.717, 1.165) is 0 Å². The Kier molecular flexibility index (Phi) is 3.65. The molecule has 0 aromatic rings. The van der Waals surface area contributed by atoms with Gasteiger partial charge in [0.2, 0.25) is 0 Å². The van der Waals surface area contributed by atoms with Gasteiger partial charge in [-0.05, 0) is 0 Å². The zero-order valence-electron chi connectivity index (χ0n) is 6.23. The Morgan fingerprint density at radius 3 is 2.00 bits per heavy atom. The Morgan fingerprint density at radius 2 is 1.75 bits per heavy atom. The lowest BCUT2D eigenvalue weighted by atomic mass is 9.96. The van der Waals surface area contributed by atoms with Gasteiger partial charge in [-0.15, -0.1) is 0 Å².